The zero-order chi connectivity index (χ0) is 19.7. The molecule has 2 aromatic rings. The number of rotatable bonds is 7. The van der Waals surface area contributed by atoms with E-state index in [1.807, 2.05) is 0 Å². The molecule has 0 radical (unpaired) electrons. The van der Waals surface area contributed by atoms with Gasteiger partial charge in [-0.15, -0.1) is 0 Å². The fraction of sp³-hybridized carbons (Fsp3) is 0.176. The van der Waals surface area contributed by atoms with Crippen molar-refractivity contribution in [3.8, 4) is 0 Å². The molecule has 0 spiro atoms. The highest BCUT2D eigenvalue weighted by Gasteiger charge is 2.14. The lowest BCUT2D eigenvalue weighted by Gasteiger charge is -2.09. The van der Waals surface area contributed by atoms with Crippen LogP contribution in [0.5, 0.6) is 0 Å². The Morgan fingerprint density at radius 1 is 0.963 bits per heavy atom. The molecule has 2 rings (SSSR count). The molecule has 7 nitrogen and oxygen atoms in total. The van der Waals surface area contributed by atoms with Gasteiger partial charge in [0, 0.05) is 16.5 Å². The predicted octanol–water partition coefficient (Wildman–Crippen LogP) is 2.70. The van der Waals surface area contributed by atoms with E-state index in [2.05, 4.69) is 16.2 Å². The summed E-state index contributed by atoms with van der Waals surface area (Å²) >= 11 is 6.91. The van der Waals surface area contributed by atoms with E-state index < -0.39 is 21.8 Å². The number of hydrazine groups is 1. The van der Waals surface area contributed by atoms with E-state index in [1.54, 1.807) is 42.5 Å². The molecule has 0 aliphatic heterocycles. The average Bonchev–Trinajstić information content (AvgIpc) is 2.66. The fourth-order valence-corrected chi connectivity index (χ4v) is 4.62. The van der Waals surface area contributed by atoms with Gasteiger partial charge >= 0.3 is 6.03 Å². The Morgan fingerprint density at radius 3 is 2.30 bits per heavy atom. The van der Waals surface area contributed by atoms with Crippen molar-refractivity contribution in [2.45, 2.75) is 4.90 Å². The molecule has 0 unspecified atom stereocenters. The molecule has 0 saturated heterocycles. The topological polar surface area (TPSA) is 104 Å². The number of benzene rings is 2. The Hall–Kier alpha value is -2.23. The van der Waals surface area contributed by atoms with Crippen LogP contribution in [0.15, 0.2) is 59.5 Å². The van der Waals surface area contributed by atoms with Crippen LogP contribution in [0.1, 0.15) is 0 Å². The highest BCUT2D eigenvalue weighted by molar-refractivity contribution is 8.01. The van der Waals surface area contributed by atoms with Crippen molar-refractivity contribution in [2.75, 3.05) is 22.6 Å². The number of hydrogen-bond donors (Lipinski definition) is 3. The first-order valence-electron chi connectivity index (χ1n) is 7.84. The minimum Gasteiger partial charge on any atom is -0.307 e. The molecule has 0 heterocycles. The van der Waals surface area contributed by atoms with Crippen molar-refractivity contribution >= 4 is 50.8 Å². The van der Waals surface area contributed by atoms with Crippen LogP contribution in [-0.2, 0) is 14.6 Å². The number of carbonyl (C=O) groups excluding carboxylic acids is 2. The monoisotopic (exact) mass is 427 g/mol. The van der Waals surface area contributed by atoms with Crippen molar-refractivity contribution < 1.29 is 18.0 Å². The third-order valence-electron chi connectivity index (χ3n) is 3.25. The third kappa shape index (κ3) is 7.49. The van der Waals surface area contributed by atoms with Crippen molar-refractivity contribution in [2.24, 2.45) is 0 Å². The summed E-state index contributed by atoms with van der Waals surface area (Å²) in [5.41, 5.74) is 4.98. The van der Waals surface area contributed by atoms with Gasteiger partial charge in [0.05, 0.1) is 16.4 Å². The molecule has 10 heteroatoms. The highest BCUT2D eigenvalue weighted by atomic mass is 35.5. The Kier molecular flexibility index (Phi) is 7.96. The maximum absolute atomic E-state index is 12.1. The summed E-state index contributed by atoms with van der Waals surface area (Å²) < 4.78 is 24.2. The summed E-state index contributed by atoms with van der Waals surface area (Å²) in [4.78, 5) is 23.6. The van der Waals surface area contributed by atoms with Gasteiger partial charge in [-0.3, -0.25) is 10.2 Å². The second-order valence-electron chi connectivity index (χ2n) is 5.32. The minimum atomic E-state index is -3.36. The number of sulfone groups is 1. The molecular weight excluding hydrogens is 410 g/mol. The van der Waals surface area contributed by atoms with Gasteiger partial charge in [0.15, 0.2) is 9.84 Å². The molecular formula is C17H18ClN3O4S2. The summed E-state index contributed by atoms with van der Waals surface area (Å²) in [6, 6.07) is 14.0. The van der Waals surface area contributed by atoms with Gasteiger partial charge in [0.1, 0.15) is 0 Å². The first-order valence-corrected chi connectivity index (χ1v) is 11.0. The maximum Gasteiger partial charge on any atom is 0.337 e. The van der Waals surface area contributed by atoms with E-state index in [4.69, 9.17) is 11.6 Å². The van der Waals surface area contributed by atoms with Gasteiger partial charge in [-0.05, 0) is 36.4 Å². The zero-order valence-electron chi connectivity index (χ0n) is 14.1. The second-order valence-corrected chi connectivity index (χ2v) is 8.97. The molecule has 0 aliphatic carbocycles. The number of amides is 3. The summed E-state index contributed by atoms with van der Waals surface area (Å²) in [6.07, 6.45) is 0. The smallest absolute Gasteiger partial charge is 0.307 e. The van der Waals surface area contributed by atoms with Gasteiger partial charge in [0.25, 0.3) is 0 Å². The number of thioether (sulfide) groups is 1. The molecule has 2 aromatic carbocycles. The Balaban J connectivity index is 1.64. The normalized spacial score (nSPS) is 10.9. The molecule has 3 amide bonds. The molecule has 0 aromatic heterocycles. The van der Waals surface area contributed by atoms with Gasteiger partial charge in [-0.2, -0.15) is 11.8 Å². The number of anilines is 1. The van der Waals surface area contributed by atoms with Crippen LogP contribution in [0.3, 0.4) is 0 Å². The fourth-order valence-electron chi connectivity index (χ4n) is 1.94. The Bertz CT molecular complexity index is 875. The van der Waals surface area contributed by atoms with Crippen LogP contribution >= 0.6 is 23.4 Å². The SMILES string of the molecule is O=C(CSCCS(=O)(=O)c1ccccc1)NNC(=O)Nc1ccc(Cl)cc1. The lowest BCUT2D eigenvalue weighted by molar-refractivity contribution is -0.119. The lowest BCUT2D eigenvalue weighted by atomic mass is 10.3. The maximum atomic E-state index is 12.1. The molecule has 0 atom stereocenters. The van der Waals surface area contributed by atoms with Gasteiger partial charge in [-0.1, -0.05) is 29.8 Å². The van der Waals surface area contributed by atoms with E-state index in [0.29, 0.717) is 10.7 Å². The standard InChI is InChI=1S/C17H18ClN3O4S2/c18-13-6-8-14(9-7-13)19-17(23)21-20-16(22)12-26-10-11-27(24,25)15-4-2-1-3-5-15/h1-9H,10-12H2,(H,20,22)(H2,19,21,23). The minimum absolute atomic E-state index is 0.0194. The van der Waals surface area contributed by atoms with Crippen LogP contribution in [0.2, 0.25) is 5.02 Å². The molecule has 27 heavy (non-hydrogen) atoms. The quantitative estimate of drug-likeness (QED) is 0.465. The first-order chi connectivity index (χ1) is 12.9. The summed E-state index contributed by atoms with van der Waals surface area (Å²) in [5, 5.41) is 3.06. The zero-order valence-corrected chi connectivity index (χ0v) is 16.5. The Morgan fingerprint density at radius 2 is 1.63 bits per heavy atom. The van der Waals surface area contributed by atoms with E-state index in [0.717, 1.165) is 11.8 Å². The van der Waals surface area contributed by atoms with Gasteiger partial charge in [-0.25, -0.2) is 18.6 Å². The van der Waals surface area contributed by atoms with Gasteiger partial charge < -0.3 is 5.32 Å². The lowest BCUT2D eigenvalue weighted by Crippen LogP contribution is -2.44. The first kappa shape index (κ1) is 21.1. The molecule has 144 valence electrons. The van der Waals surface area contributed by atoms with Crippen molar-refractivity contribution in [3.05, 3.63) is 59.6 Å². The number of hydrogen-bond acceptors (Lipinski definition) is 5. The van der Waals surface area contributed by atoms with Gasteiger partial charge in [0.2, 0.25) is 5.91 Å². The van der Waals surface area contributed by atoms with Crippen LogP contribution in [0.25, 0.3) is 0 Å². The van der Waals surface area contributed by atoms with Crippen LogP contribution in [-0.4, -0.2) is 37.6 Å². The predicted molar refractivity (Wildman–Crippen MR) is 108 cm³/mol. The van der Waals surface area contributed by atoms with Crippen LogP contribution in [0.4, 0.5) is 10.5 Å². The summed E-state index contributed by atoms with van der Waals surface area (Å²) in [5.74, 6) is -0.226. The second kappa shape index (κ2) is 10.2. The average molecular weight is 428 g/mol. The summed E-state index contributed by atoms with van der Waals surface area (Å²) in [7, 11) is -3.36. The number of nitrogens with one attached hydrogen (secondary N) is 3. The third-order valence-corrected chi connectivity index (χ3v) is 6.45. The number of halogens is 1. The molecule has 0 saturated carbocycles. The van der Waals surface area contributed by atoms with E-state index in [1.165, 1.54) is 12.1 Å². The highest BCUT2D eigenvalue weighted by Crippen LogP contribution is 2.13. The van der Waals surface area contributed by atoms with Crippen LogP contribution in [0, 0.1) is 0 Å². The van der Waals surface area contributed by atoms with Crippen molar-refractivity contribution in [1.29, 1.82) is 0 Å². The van der Waals surface area contributed by atoms with E-state index in [-0.39, 0.29) is 22.2 Å². The number of urea groups is 1. The molecule has 0 fully saturated rings. The number of carbonyl (C=O) groups is 2. The van der Waals surface area contributed by atoms with E-state index >= 15 is 0 Å². The van der Waals surface area contributed by atoms with Crippen molar-refractivity contribution in [1.82, 2.24) is 10.9 Å². The van der Waals surface area contributed by atoms with E-state index in [9.17, 15) is 18.0 Å². The molecule has 0 bridgehead atoms. The largest absolute Gasteiger partial charge is 0.337 e. The summed E-state index contributed by atoms with van der Waals surface area (Å²) in [6.45, 7) is 0. The Labute approximate surface area is 166 Å². The van der Waals surface area contributed by atoms with Crippen molar-refractivity contribution in [3.63, 3.8) is 0 Å². The van der Waals surface area contributed by atoms with Crippen LogP contribution < -0.4 is 16.2 Å². The molecule has 3 N–H and O–H groups in total. The molecule has 0 aliphatic rings.